The first-order valence-electron chi connectivity index (χ1n) is 1.76. The van der Waals surface area contributed by atoms with Gasteiger partial charge in [-0.2, -0.15) is 17.6 Å². The summed E-state index contributed by atoms with van der Waals surface area (Å²) in [6.07, 6.45) is -4.97. The number of alkyl halides is 3. The van der Waals surface area contributed by atoms with Gasteiger partial charge in [0, 0.05) is 5.54 Å². The van der Waals surface area contributed by atoms with Gasteiger partial charge in [0.15, 0.2) is 0 Å². The summed E-state index contributed by atoms with van der Waals surface area (Å²) in [6, 6.07) is 0. The van der Waals surface area contributed by atoms with Gasteiger partial charge in [-0.1, -0.05) is 17.3 Å². The highest BCUT2D eigenvalue weighted by Crippen LogP contribution is 2.25. The number of hydrogen-bond acceptors (Lipinski definition) is 0. The van der Waals surface area contributed by atoms with Crippen LogP contribution in [0.5, 0.6) is 0 Å². The van der Waals surface area contributed by atoms with Crippen LogP contribution in [0.2, 0.25) is 0 Å². The molecule has 0 radical (unpaired) electrons. The van der Waals surface area contributed by atoms with Crippen molar-refractivity contribution >= 4 is 11.6 Å². The number of halogens is 5. The zero-order chi connectivity index (χ0) is 7.49. The van der Waals surface area contributed by atoms with Crippen molar-refractivity contribution in [2.75, 3.05) is 0 Å². The van der Waals surface area contributed by atoms with Crippen LogP contribution in [-0.2, 0) is 0 Å². The van der Waals surface area contributed by atoms with E-state index in [9.17, 15) is 17.6 Å². The Labute approximate surface area is 53.4 Å². The average molecular weight is 160 g/mol. The van der Waals surface area contributed by atoms with Crippen molar-refractivity contribution in [1.29, 1.82) is 0 Å². The van der Waals surface area contributed by atoms with E-state index in [-0.39, 0.29) is 0 Å². The first kappa shape index (κ1) is 8.53. The zero-order valence-corrected chi connectivity index (χ0v) is 4.72. The van der Waals surface area contributed by atoms with E-state index in [0.29, 0.717) is 5.54 Å². The molecule has 5 heteroatoms. The third kappa shape index (κ3) is 3.16. The van der Waals surface area contributed by atoms with E-state index >= 15 is 0 Å². The molecule has 0 aliphatic rings. The lowest BCUT2D eigenvalue weighted by Gasteiger charge is -1.96. The van der Waals surface area contributed by atoms with E-state index in [2.05, 4.69) is 11.6 Å². The van der Waals surface area contributed by atoms with E-state index in [1.54, 1.807) is 0 Å². The molecule has 0 aromatic heterocycles. The lowest BCUT2D eigenvalue weighted by Crippen LogP contribution is -2.06. The predicted octanol–water partition coefficient (Wildman–Crippen LogP) is 2.75. The summed E-state index contributed by atoms with van der Waals surface area (Å²) in [5.74, 6) is -2.32. The van der Waals surface area contributed by atoms with Crippen LogP contribution in [0.3, 0.4) is 0 Å². The van der Waals surface area contributed by atoms with Crippen molar-refractivity contribution in [3.05, 3.63) is 17.1 Å². The molecular formula is C4HClF4. The van der Waals surface area contributed by atoms with Crippen molar-refractivity contribution in [1.82, 2.24) is 0 Å². The second-order valence-corrected chi connectivity index (χ2v) is 1.28. The normalized spacial score (nSPS) is 10.3. The molecule has 0 rings (SSSR count). The van der Waals surface area contributed by atoms with Crippen molar-refractivity contribution in [3.8, 4) is 0 Å². The molecule has 0 saturated heterocycles. The lowest BCUT2D eigenvalue weighted by atomic mass is 10.5. The zero-order valence-electron chi connectivity index (χ0n) is 3.97. The third-order valence-electron chi connectivity index (χ3n) is 0.430. The Kier molecular flexibility index (Phi) is 2.74. The maximum Gasteiger partial charge on any atom is 0.450 e. The summed E-state index contributed by atoms with van der Waals surface area (Å²) < 4.78 is 44.7. The molecule has 0 amide bonds. The summed E-state index contributed by atoms with van der Waals surface area (Å²) in [4.78, 5) is 0. The minimum atomic E-state index is -4.97. The Bertz CT molecular complexity index is 150. The second-order valence-electron chi connectivity index (χ2n) is 1.07. The van der Waals surface area contributed by atoms with Gasteiger partial charge in [-0.05, 0) is 0 Å². The molecule has 0 aliphatic carbocycles. The molecule has 0 heterocycles. The fourth-order valence-corrected chi connectivity index (χ4v) is 0.226. The van der Waals surface area contributed by atoms with Crippen molar-refractivity contribution < 1.29 is 17.6 Å². The largest absolute Gasteiger partial charge is 0.450 e. The maximum atomic E-state index is 11.5. The molecule has 52 valence electrons. The van der Waals surface area contributed by atoms with Gasteiger partial charge < -0.3 is 0 Å². The van der Waals surface area contributed by atoms with Gasteiger partial charge in [0.25, 0.3) is 0 Å². The first-order chi connectivity index (χ1) is 3.98. The van der Waals surface area contributed by atoms with Crippen LogP contribution in [0.1, 0.15) is 0 Å². The highest BCUT2D eigenvalue weighted by Gasteiger charge is 2.34. The molecule has 9 heavy (non-hydrogen) atoms. The molecule has 0 bridgehead atoms. The standard InChI is InChI=1S/C4HClF4/c5-2-1-3(6)4(7,8)9/h2H. The average Bonchev–Trinajstić information content (AvgIpc) is 1.64. The highest BCUT2D eigenvalue weighted by molar-refractivity contribution is 6.25. The number of allylic oxidation sites excluding steroid dienone is 1. The van der Waals surface area contributed by atoms with Crippen LogP contribution in [0.15, 0.2) is 17.1 Å². The molecule has 0 unspecified atom stereocenters. The monoisotopic (exact) mass is 160 g/mol. The molecule has 0 spiro atoms. The van der Waals surface area contributed by atoms with Gasteiger partial charge in [0.2, 0.25) is 5.83 Å². The van der Waals surface area contributed by atoms with Crippen LogP contribution in [0.4, 0.5) is 17.6 Å². The van der Waals surface area contributed by atoms with E-state index in [4.69, 9.17) is 0 Å². The van der Waals surface area contributed by atoms with Crippen molar-refractivity contribution in [2.45, 2.75) is 6.18 Å². The minimum absolute atomic E-state index is 0.336. The van der Waals surface area contributed by atoms with E-state index in [1.165, 1.54) is 0 Å². The van der Waals surface area contributed by atoms with Crippen LogP contribution in [0.25, 0.3) is 0 Å². The molecule has 0 nitrogen and oxygen atoms in total. The van der Waals surface area contributed by atoms with Gasteiger partial charge in [-0.25, -0.2) is 0 Å². The number of rotatable bonds is 0. The fraction of sp³-hybridized carbons (Fsp3) is 0.250. The second kappa shape index (κ2) is 2.90. The third-order valence-corrected chi connectivity index (χ3v) is 0.539. The van der Waals surface area contributed by atoms with E-state index < -0.39 is 12.0 Å². The van der Waals surface area contributed by atoms with Gasteiger partial charge >= 0.3 is 6.18 Å². The molecule has 0 aliphatic heterocycles. The van der Waals surface area contributed by atoms with Crippen LogP contribution in [-0.4, -0.2) is 6.18 Å². The molecule has 0 saturated carbocycles. The molecule has 0 aromatic rings. The van der Waals surface area contributed by atoms with Crippen LogP contribution >= 0.6 is 11.6 Å². The van der Waals surface area contributed by atoms with Gasteiger partial charge in [0.1, 0.15) is 0 Å². The molecule has 0 N–H and O–H groups in total. The topological polar surface area (TPSA) is 0 Å². The maximum absolute atomic E-state index is 11.5. The first-order valence-corrected chi connectivity index (χ1v) is 2.20. The van der Waals surface area contributed by atoms with Gasteiger partial charge in [0.05, 0.1) is 0 Å². The Morgan fingerprint density at radius 2 is 1.89 bits per heavy atom. The number of hydrogen-bond donors (Lipinski definition) is 0. The molecular weight excluding hydrogens is 159 g/mol. The summed E-state index contributed by atoms with van der Waals surface area (Å²) in [7, 11) is 0. The van der Waals surface area contributed by atoms with Crippen LogP contribution in [0, 0.1) is 0 Å². The summed E-state index contributed by atoms with van der Waals surface area (Å²) in [5, 5.41) is 0. The molecule has 0 fully saturated rings. The minimum Gasteiger partial charge on any atom is -0.192 e. The Hall–Kier alpha value is -0.470. The van der Waals surface area contributed by atoms with Crippen LogP contribution < -0.4 is 0 Å². The SMILES string of the molecule is FC(=C=CCl)C(F)(F)F. The van der Waals surface area contributed by atoms with Gasteiger partial charge in [-0.15, -0.1) is 0 Å². The lowest BCUT2D eigenvalue weighted by molar-refractivity contribution is -0.108. The summed E-state index contributed by atoms with van der Waals surface area (Å²) in [6.45, 7) is 0. The Morgan fingerprint density at radius 1 is 1.44 bits per heavy atom. The van der Waals surface area contributed by atoms with Crippen molar-refractivity contribution in [3.63, 3.8) is 0 Å². The predicted molar refractivity (Wildman–Crippen MR) is 24.6 cm³/mol. The summed E-state index contributed by atoms with van der Waals surface area (Å²) in [5.41, 5.74) is 1.49. The quantitative estimate of drug-likeness (QED) is 0.378. The highest BCUT2D eigenvalue weighted by atomic mass is 35.5. The fourth-order valence-electron chi connectivity index (χ4n) is 0.130. The van der Waals surface area contributed by atoms with Gasteiger partial charge in [-0.3, -0.25) is 0 Å². The Balaban J connectivity index is 4.40. The van der Waals surface area contributed by atoms with E-state index in [1.807, 2.05) is 0 Å². The molecule has 0 atom stereocenters. The van der Waals surface area contributed by atoms with Crippen molar-refractivity contribution in [2.24, 2.45) is 0 Å². The Morgan fingerprint density at radius 3 is 2.00 bits per heavy atom. The smallest absolute Gasteiger partial charge is 0.192 e. The van der Waals surface area contributed by atoms with E-state index in [0.717, 1.165) is 5.73 Å². The molecule has 0 aromatic carbocycles. The summed E-state index contributed by atoms with van der Waals surface area (Å²) >= 11 is 4.61.